The van der Waals surface area contributed by atoms with Crippen LogP contribution in [-0.4, -0.2) is 38.7 Å². The molecule has 0 atom stereocenters. The van der Waals surface area contributed by atoms with Gasteiger partial charge in [-0.05, 0) is 24.3 Å². The molecule has 0 spiro atoms. The maximum atomic E-state index is 11.5. The van der Waals surface area contributed by atoms with Gasteiger partial charge in [0.15, 0.2) is 0 Å². The fourth-order valence-electron chi connectivity index (χ4n) is 1.36. The summed E-state index contributed by atoms with van der Waals surface area (Å²) < 4.78 is 4.85. The van der Waals surface area contributed by atoms with Gasteiger partial charge in [-0.1, -0.05) is 0 Å². The third-order valence-electron chi connectivity index (χ3n) is 2.20. The predicted octanol–water partition coefficient (Wildman–Crippen LogP) is 0.773. The van der Waals surface area contributed by atoms with Crippen molar-refractivity contribution >= 4 is 35.7 Å². The Morgan fingerprint density at radius 3 is 2.20 bits per heavy atom. The number of amides is 3. The van der Waals surface area contributed by atoms with Crippen molar-refractivity contribution in [3.63, 3.8) is 0 Å². The largest absolute Gasteiger partial charge is 0.383 e. The molecule has 112 valence electrons. The van der Waals surface area contributed by atoms with E-state index < -0.39 is 6.03 Å². The summed E-state index contributed by atoms with van der Waals surface area (Å²) in [4.78, 5) is 22.2. The van der Waals surface area contributed by atoms with Gasteiger partial charge in [0.05, 0.1) is 13.2 Å². The van der Waals surface area contributed by atoms with Crippen LogP contribution in [-0.2, 0) is 9.53 Å². The second kappa shape index (κ2) is 10.0. The number of carbonyl (C=O) groups is 2. The van der Waals surface area contributed by atoms with E-state index in [2.05, 4.69) is 16.0 Å². The smallest absolute Gasteiger partial charge is 0.316 e. The summed E-state index contributed by atoms with van der Waals surface area (Å²) in [5, 5.41) is 8.08. The van der Waals surface area contributed by atoms with Gasteiger partial charge < -0.3 is 26.4 Å². The zero-order chi connectivity index (χ0) is 14.1. The predicted molar refractivity (Wildman–Crippen MR) is 80.3 cm³/mol. The lowest BCUT2D eigenvalue weighted by Crippen LogP contribution is -2.30. The highest BCUT2D eigenvalue weighted by molar-refractivity contribution is 5.93. The van der Waals surface area contributed by atoms with E-state index in [1.54, 1.807) is 31.4 Å². The number of benzene rings is 1. The molecule has 7 nitrogen and oxygen atoms in total. The molecule has 0 bridgehead atoms. The number of urea groups is 1. The van der Waals surface area contributed by atoms with Crippen molar-refractivity contribution in [2.45, 2.75) is 0 Å². The van der Waals surface area contributed by atoms with E-state index in [1.165, 1.54) is 0 Å². The first-order valence-electron chi connectivity index (χ1n) is 5.78. The van der Waals surface area contributed by atoms with Gasteiger partial charge in [-0.15, -0.1) is 12.4 Å². The standard InChI is InChI=1S/C12H18N4O3.ClH/c1-19-7-6-14-8-11(17)15-9-2-4-10(5-3-9)16-12(13)18;/h2-5,14H,6-8H2,1H3,(H,15,17)(H3,13,16,18);1H. The molecule has 0 saturated heterocycles. The number of nitrogens with two attached hydrogens (primary N) is 1. The zero-order valence-electron chi connectivity index (χ0n) is 11.1. The quantitative estimate of drug-likeness (QED) is 0.558. The summed E-state index contributed by atoms with van der Waals surface area (Å²) in [5.41, 5.74) is 6.20. The highest BCUT2D eigenvalue weighted by Crippen LogP contribution is 2.12. The second-order valence-electron chi connectivity index (χ2n) is 3.78. The summed E-state index contributed by atoms with van der Waals surface area (Å²) in [6, 6.07) is 6.04. The van der Waals surface area contributed by atoms with Crippen LogP contribution >= 0.6 is 12.4 Å². The summed E-state index contributed by atoms with van der Waals surface area (Å²) in [6.45, 7) is 1.39. The number of hydrogen-bond donors (Lipinski definition) is 4. The summed E-state index contributed by atoms with van der Waals surface area (Å²) in [6.07, 6.45) is 0. The molecule has 8 heteroatoms. The second-order valence-corrected chi connectivity index (χ2v) is 3.78. The maximum Gasteiger partial charge on any atom is 0.316 e. The highest BCUT2D eigenvalue weighted by atomic mass is 35.5. The molecule has 0 aliphatic heterocycles. The molecule has 20 heavy (non-hydrogen) atoms. The molecule has 0 saturated carbocycles. The minimum atomic E-state index is -0.626. The van der Waals surface area contributed by atoms with E-state index in [4.69, 9.17) is 10.5 Å². The molecule has 0 heterocycles. The maximum absolute atomic E-state index is 11.5. The Hall–Kier alpha value is -1.83. The highest BCUT2D eigenvalue weighted by Gasteiger charge is 2.02. The first-order chi connectivity index (χ1) is 9.11. The van der Waals surface area contributed by atoms with Gasteiger partial charge in [-0.25, -0.2) is 4.79 Å². The lowest BCUT2D eigenvalue weighted by atomic mass is 10.3. The van der Waals surface area contributed by atoms with Crippen LogP contribution in [0.25, 0.3) is 0 Å². The van der Waals surface area contributed by atoms with Gasteiger partial charge in [0.2, 0.25) is 5.91 Å². The van der Waals surface area contributed by atoms with Crippen LogP contribution in [0.3, 0.4) is 0 Å². The Kier molecular flexibility index (Phi) is 9.10. The first-order valence-corrected chi connectivity index (χ1v) is 5.78. The molecule has 0 aromatic heterocycles. The molecule has 0 unspecified atom stereocenters. The molecule has 0 aliphatic carbocycles. The van der Waals surface area contributed by atoms with Gasteiger partial charge in [0.25, 0.3) is 0 Å². The van der Waals surface area contributed by atoms with Crippen molar-refractivity contribution in [2.75, 3.05) is 37.4 Å². The number of ether oxygens (including phenoxy) is 1. The van der Waals surface area contributed by atoms with Gasteiger partial charge >= 0.3 is 6.03 Å². The topological polar surface area (TPSA) is 105 Å². The third kappa shape index (κ3) is 7.57. The van der Waals surface area contributed by atoms with Crippen molar-refractivity contribution in [3.8, 4) is 0 Å². The molecule has 0 aliphatic rings. The van der Waals surface area contributed by atoms with Crippen molar-refractivity contribution < 1.29 is 14.3 Å². The Labute approximate surface area is 123 Å². The molecule has 1 aromatic rings. The van der Waals surface area contributed by atoms with Crippen LogP contribution < -0.4 is 21.7 Å². The number of primary amides is 1. The molecule has 1 aromatic carbocycles. The van der Waals surface area contributed by atoms with E-state index in [1.807, 2.05) is 0 Å². The Bertz CT molecular complexity index is 425. The van der Waals surface area contributed by atoms with Crippen LogP contribution in [0.2, 0.25) is 0 Å². The number of anilines is 2. The van der Waals surface area contributed by atoms with E-state index in [0.29, 0.717) is 24.5 Å². The van der Waals surface area contributed by atoms with E-state index >= 15 is 0 Å². The van der Waals surface area contributed by atoms with Crippen LogP contribution in [0.15, 0.2) is 24.3 Å². The fourth-order valence-corrected chi connectivity index (χ4v) is 1.36. The number of carbonyl (C=O) groups excluding carboxylic acids is 2. The first kappa shape index (κ1) is 18.2. The van der Waals surface area contributed by atoms with Crippen molar-refractivity contribution in [1.82, 2.24) is 5.32 Å². The van der Waals surface area contributed by atoms with Crippen LogP contribution in [0, 0.1) is 0 Å². The van der Waals surface area contributed by atoms with Crippen LogP contribution in [0.1, 0.15) is 0 Å². The van der Waals surface area contributed by atoms with E-state index in [9.17, 15) is 9.59 Å². The molecule has 1 rings (SSSR count). The number of methoxy groups -OCH3 is 1. The van der Waals surface area contributed by atoms with Gasteiger partial charge in [0.1, 0.15) is 0 Å². The average molecular weight is 303 g/mol. The molecule has 0 radical (unpaired) electrons. The van der Waals surface area contributed by atoms with Crippen molar-refractivity contribution in [1.29, 1.82) is 0 Å². The fraction of sp³-hybridized carbons (Fsp3) is 0.333. The molecular formula is C12H19ClN4O3. The van der Waals surface area contributed by atoms with Crippen LogP contribution in [0.5, 0.6) is 0 Å². The summed E-state index contributed by atoms with van der Waals surface area (Å²) in [5.74, 6) is -0.147. The molecule has 0 fully saturated rings. The summed E-state index contributed by atoms with van der Waals surface area (Å²) in [7, 11) is 1.60. The minimum Gasteiger partial charge on any atom is -0.383 e. The minimum absolute atomic E-state index is 0. The monoisotopic (exact) mass is 302 g/mol. The lowest BCUT2D eigenvalue weighted by molar-refractivity contribution is -0.115. The van der Waals surface area contributed by atoms with Crippen molar-refractivity contribution in [3.05, 3.63) is 24.3 Å². The van der Waals surface area contributed by atoms with Gasteiger partial charge in [0, 0.05) is 25.0 Å². The van der Waals surface area contributed by atoms with Crippen molar-refractivity contribution in [2.24, 2.45) is 5.73 Å². The van der Waals surface area contributed by atoms with Gasteiger partial charge in [-0.3, -0.25) is 4.79 Å². The average Bonchev–Trinajstić information content (AvgIpc) is 2.36. The molecular weight excluding hydrogens is 284 g/mol. The number of nitrogens with one attached hydrogen (secondary N) is 3. The SMILES string of the molecule is COCCNCC(=O)Nc1ccc(NC(N)=O)cc1.Cl. The van der Waals surface area contributed by atoms with Crippen LogP contribution in [0.4, 0.5) is 16.2 Å². The Morgan fingerprint density at radius 1 is 1.15 bits per heavy atom. The van der Waals surface area contributed by atoms with E-state index in [-0.39, 0.29) is 24.9 Å². The number of hydrogen-bond acceptors (Lipinski definition) is 4. The zero-order valence-corrected chi connectivity index (χ0v) is 12.0. The van der Waals surface area contributed by atoms with Gasteiger partial charge in [-0.2, -0.15) is 0 Å². The third-order valence-corrected chi connectivity index (χ3v) is 2.20. The number of rotatable bonds is 7. The Balaban J connectivity index is 0.00000361. The molecule has 3 amide bonds. The Morgan fingerprint density at radius 2 is 1.70 bits per heavy atom. The summed E-state index contributed by atoms with van der Waals surface area (Å²) >= 11 is 0. The van der Waals surface area contributed by atoms with E-state index in [0.717, 1.165) is 0 Å². The lowest BCUT2D eigenvalue weighted by Gasteiger charge is -2.07. The normalized spacial score (nSPS) is 9.45. The molecule has 5 N–H and O–H groups in total. The number of halogens is 1.